The van der Waals surface area contributed by atoms with Crippen molar-refractivity contribution in [3.8, 4) is 34.5 Å². The molecular formula is C23H28O7. The molecule has 162 valence electrons. The van der Waals surface area contributed by atoms with Gasteiger partial charge in [0.15, 0.2) is 29.1 Å². The molecule has 1 atom stereocenters. The van der Waals surface area contributed by atoms with Gasteiger partial charge in [-0.3, -0.25) is 4.79 Å². The Morgan fingerprint density at radius 2 is 1.30 bits per heavy atom. The standard InChI is InChI=1S/C23H28O7/c1-8-9-15-10-17(25-3)23(18(11-15)26-4)30-14(2)21(24)16-12-19(27-5)22(29-7)20(13-16)28-6/h8,10-14H,1,9H2,2-7H3/t14-/m1/s1. The SMILES string of the molecule is C=CCc1cc(OC)c(O[C@H](C)C(=O)c2cc(OC)c(OC)c(OC)c2)c(OC)c1. The zero-order chi connectivity index (χ0) is 22.3. The lowest BCUT2D eigenvalue weighted by Gasteiger charge is -2.20. The van der Waals surface area contributed by atoms with E-state index in [0.29, 0.717) is 46.5 Å². The lowest BCUT2D eigenvalue weighted by molar-refractivity contribution is 0.0808. The number of methoxy groups -OCH3 is 5. The first-order valence-corrected chi connectivity index (χ1v) is 9.30. The third-order valence-corrected chi connectivity index (χ3v) is 4.51. The molecule has 0 aliphatic rings. The highest BCUT2D eigenvalue weighted by molar-refractivity contribution is 6.00. The van der Waals surface area contributed by atoms with Crippen LogP contribution in [0.1, 0.15) is 22.8 Å². The number of ether oxygens (including phenoxy) is 6. The van der Waals surface area contributed by atoms with E-state index in [1.54, 1.807) is 25.1 Å². The molecule has 7 heteroatoms. The maximum absolute atomic E-state index is 13.1. The van der Waals surface area contributed by atoms with Gasteiger partial charge in [0.25, 0.3) is 0 Å². The highest BCUT2D eigenvalue weighted by Gasteiger charge is 2.25. The normalized spacial score (nSPS) is 11.3. The second kappa shape index (κ2) is 10.4. The molecule has 0 radical (unpaired) electrons. The third-order valence-electron chi connectivity index (χ3n) is 4.51. The van der Waals surface area contributed by atoms with Gasteiger partial charge in [-0.15, -0.1) is 6.58 Å². The summed E-state index contributed by atoms with van der Waals surface area (Å²) in [5.74, 6) is 2.19. The molecule has 0 unspecified atom stereocenters. The molecule has 0 fully saturated rings. The molecule has 30 heavy (non-hydrogen) atoms. The summed E-state index contributed by atoms with van der Waals surface area (Å²) in [6.07, 6.45) is 1.60. The summed E-state index contributed by atoms with van der Waals surface area (Å²) >= 11 is 0. The lowest BCUT2D eigenvalue weighted by Crippen LogP contribution is -2.24. The fourth-order valence-electron chi connectivity index (χ4n) is 3.02. The monoisotopic (exact) mass is 416 g/mol. The van der Waals surface area contributed by atoms with Gasteiger partial charge in [0.05, 0.1) is 35.5 Å². The molecule has 7 nitrogen and oxygen atoms in total. The summed E-state index contributed by atoms with van der Waals surface area (Å²) in [7, 11) is 7.55. The first-order chi connectivity index (χ1) is 14.4. The Kier molecular flexibility index (Phi) is 7.98. The Morgan fingerprint density at radius 3 is 1.70 bits per heavy atom. The van der Waals surface area contributed by atoms with Crippen molar-refractivity contribution >= 4 is 5.78 Å². The molecule has 0 N–H and O–H groups in total. The molecule has 2 aromatic carbocycles. The van der Waals surface area contributed by atoms with Crippen molar-refractivity contribution in [2.45, 2.75) is 19.4 Å². The van der Waals surface area contributed by atoms with E-state index in [1.807, 2.05) is 12.1 Å². The molecule has 0 amide bonds. The summed E-state index contributed by atoms with van der Waals surface area (Å²) in [4.78, 5) is 13.1. The Bertz CT molecular complexity index is 854. The quantitative estimate of drug-likeness (QED) is 0.403. The van der Waals surface area contributed by atoms with Crippen molar-refractivity contribution in [2.75, 3.05) is 35.5 Å². The molecule has 0 saturated carbocycles. The Morgan fingerprint density at radius 1 is 0.833 bits per heavy atom. The lowest BCUT2D eigenvalue weighted by atomic mass is 10.1. The van der Waals surface area contributed by atoms with E-state index in [0.717, 1.165) is 5.56 Å². The zero-order valence-electron chi connectivity index (χ0n) is 18.2. The van der Waals surface area contributed by atoms with Gasteiger partial charge in [0, 0.05) is 5.56 Å². The fraction of sp³-hybridized carbons (Fsp3) is 0.348. The summed E-state index contributed by atoms with van der Waals surface area (Å²) in [6.45, 7) is 5.40. The van der Waals surface area contributed by atoms with Crippen LogP contribution >= 0.6 is 0 Å². The molecular weight excluding hydrogens is 388 g/mol. The van der Waals surface area contributed by atoms with Crippen LogP contribution < -0.4 is 28.4 Å². The molecule has 2 rings (SSSR count). The van der Waals surface area contributed by atoms with Crippen molar-refractivity contribution in [3.63, 3.8) is 0 Å². The average Bonchev–Trinajstić information content (AvgIpc) is 2.77. The summed E-state index contributed by atoms with van der Waals surface area (Å²) < 4.78 is 32.9. The Balaban J connectivity index is 2.39. The molecule has 2 aromatic rings. The van der Waals surface area contributed by atoms with Crippen LogP contribution in [0.25, 0.3) is 0 Å². The van der Waals surface area contributed by atoms with Crippen molar-refractivity contribution < 1.29 is 33.2 Å². The maximum Gasteiger partial charge on any atom is 0.204 e. The van der Waals surface area contributed by atoms with Crippen LogP contribution in [0, 0.1) is 0 Å². The van der Waals surface area contributed by atoms with Crippen LogP contribution in [0.5, 0.6) is 34.5 Å². The minimum atomic E-state index is -0.833. The van der Waals surface area contributed by atoms with Gasteiger partial charge >= 0.3 is 0 Å². The smallest absolute Gasteiger partial charge is 0.204 e. The Hall–Kier alpha value is -3.35. The first-order valence-electron chi connectivity index (χ1n) is 9.30. The van der Waals surface area contributed by atoms with Crippen molar-refractivity contribution in [3.05, 3.63) is 48.0 Å². The zero-order valence-corrected chi connectivity index (χ0v) is 18.2. The number of rotatable bonds is 11. The van der Waals surface area contributed by atoms with E-state index in [9.17, 15) is 4.79 Å². The van der Waals surface area contributed by atoms with E-state index in [-0.39, 0.29) is 5.78 Å². The van der Waals surface area contributed by atoms with Crippen LogP contribution in [0.3, 0.4) is 0 Å². The number of hydrogen-bond donors (Lipinski definition) is 0. The van der Waals surface area contributed by atoms with Crippen LogP contribution in [-0.4, -0.2) is 47.4 Å². The first kappa shape index (κ1) is 22.9. The number of allylic oxidation sites excluding steroid dienone is 1. The minimum absolute atomic E-state index is 0.270. The third kappa shape index (κ3) is 4.79. The second-order valence-electron chi connectivity index (χ2n) is 6.36. The summed E-state index contributed by atoms with van der Waals surface area (Å²) in [5.41, 5.74) is 1.31. The van der Waals surface area contributed by atoms with E-state index >= 15 is 0 Å². The predicted octanol–water partition coefficient (Wildman–Crippen LogP) is 4.11. The van der Waals surface area contributed by atoms with Crippen LogP contribution in [-0.2, 0) is 6.42 Å². The molecule has 0 saturated heterocycles. The Labute approximate surface area is 177 Å². The topological polar surface area (TPSA) is 72.5 Å². The largest absolute Gasteiger partial charge is 0.493 e. The number of benzene rings is 2. The van der Waals surface area contributed by atoms with E-state index in [4.69, 9.17) is 28.4 Å². The predicted molar refractivity (Wildman–Crippen MR) is 114 cm³/mol. The molecule has 0 aliphatic carbocycles. The second-order valence-corrected chi connectivity index (χ2v) is 6.36. The van der Waals surface area contributed by atoms with E-state index in [1.165, 1.54) is 35.5 Å². The van der Waals surface area contributed by atoms with Crippen LogP contribution in [0.4, 0.5) is 0 Å². The molecule has 0 aromatic heterocycles. The maximum atomic E-state index is 13.1. The van der Waals surface area contributed by atoms with Crippen molar-refractivity contribution in [2.24, 2.45) is 0 Å². The van der Waals surface area contributed by atoms with Crippen LogP contribution in [0.15, 0.2) is 36.9 Å². The van der Waals surface area contributed by atoms with Gasteiger partial charge < -0.3 is 28.4 Å². The fourth-order valence-corrected chi connectivity index (χ4v) is 3.02. The van der Waals surface area contributed by atoms with Gasteiger partial charge in [-0.05, 0) is 43.2 Å². The summed E-state index contributed by atoms with van der Waals surface area (Å²) in [6, 6.07) is 6.84. The van der Waals surface area contributed by atoms with Gasteiger partial charge in [0.2, 0.25) is 17.3 Å². The number of ketones is 1. The average molecular weight is 416 g/mol. The number of carbonyl (C=O) groups excluding carboxylic acids is 1. The van der Waals surface area contributed by atoms with Gasteiger partial charge in [-0.1, -0.05) is 6.08 Å². The molecule has 0 bridgehead atoms. The number of Topliss-reactive ketones (excluding diaryl/α,β-unsaturated/α-hetero) is 1. The highest BCUT2D eigenvalue weighted by atomic mass is 16.5. The summed E-state index contributed by atoms with van der Waals surface area (Å²) in [5, 5.41) is 0. The molecule has 0 spiro atoms. The minimum Gasteiger partial charge on any atom is -0.493 e. The van der Waals surface area contributed by atoms with Gasteiger partial charge in [0.1, 0.15) is 0 Å². The van der Waals surface area contributed by atoms with Crippen LogP contribution in [0.2, 0.25) is 0 Å². The highest BCUT2D eigenvalue weighted by Crippen LogP contribution is 2.41. The van der Waals surface area contributed by atoms with E-state index in [2.05, 4.69) is 6.58 Å². The number of hydrogen-bond acceptors (Lipinski definition) is 7. The number of carbonyl (C=O) groups is 1. The van der Waals surface area contributed by atoms with Crippen molar-refractivity contribution in [1.82, 2.24) is 0 Å². The van der Waals surface area contributed by atoms with Gasteiger partial charge in [-0.25, -0.2) is 0 Å². The van der Waals surface area contributed by atoms with Gasteiger partial charge in [-0.2, -0.15) is 0 Å². The van der Waals surface area contributed by atoms with E-state index < -0.39 is 6.10 Å². The molecule has 0 heterocycles. The molecule has 0 aliphatic heterocycles. The van der Waals surface area contributed by atoms with Crippen molar-refractivity contribution in [1.29, 1.82) is 0 Å².